The van der Waals surface area contributed by atoms with Gasteiger partial charge in [-0.15, -0.1) is 5.73 Å². The van der Waals surface area contributed by atoms with Gasteiger partial charge in [-0.25, -0.2) is 4.39 Å². The van der Waals surface area contributed by atoms with Crippen molar-refractivity contribution >= 4 is 8.07 Å². The molecule has 57 heavy (non-hydrogen) atoms. The summed E-state index contributed by atoms with van der Waals surface area (Å²) in [5.41, 5.74) is 21.6. The topological polar surface area (TPSA) is 19.0 Å². The highest BCUT2D eigenvalue weighted by Gasteiger charge is 2.64. The van der Waals surface area contributed by atoms with Gasteiger partial charge in [0.2, 0.25) is 0 Å². The van der Waals surface area contributed by atoms with Gasteiger partial charge < -0.3 is 19.4 Å². The lowest BCUT2D eigenvalue weighted by Gasteiger charge is -2.42. The third kappa shape index (κ3) is 4.89. The molecule has 1 saturated heterocycles. The van der Waals surface area contributed by atoms with E-state index in [9.17, 15) is 0 Å². The van der Waals surface area contributed by atoms with Gasteiger partial charge >= 0.3 is 0 Å². The van der Waals surface area contributed by atoms with Gasteiger partial charge in [0.1, 0.15) is 23.9 Å². The smallest absolute Gasteiger partial charge is 0.130 e. The fourth-order valence-electron chi connectivity index (χ4n) is 12.8. The zero-order valence-electron chi connectivity index (χ0n) is 34.4. The van der Waals surface area contributed by atoms with E-state index in [0.717, 1.165) is 69.1 Å². The summed E-state index contributed by atoms with van der Waals surface area (Å²) < 4.78 is 22.9. The number of ether oxygens (including phenoxy) is 1. The molecule has 0 aromatic carbocycles. The minimum Gasteiger partial charge on any atom is -0.488 e. The average Bonchev–Trinajstić information content (AvgIpc) is 3.48. The molecule has 12 aliphatic rings. The van der Waals surface area contributed by atoms with E-state index < -0.39 is 8.07 Å². The van der Waals surface area contributed by atoms with Crippen LogP contribution in [0.1, 0.15) is 84.5 Å². The van der Waals surface area contributed by atoms with Gasteiger partial charge in [-0.1, -0.05) is 81.6 Å². The third-order valence-corrected chi connectivity index (χ3v) is 17.1. The summed E-state index contributed by atoms with van der Waals surface area (Å²) in [5.74, 6) is 1.50. The number of nitrogens with zero attached hydrogens (tertiary/aromatic N) is 3. The summed E-state index contributed by atoms with van der Waals surface area (Å²) in [4.78, 5) is 8.45. The van der Waals surface area contributed by atoms with Crippen molar-refractivity contribution in [3.63, 3.8) is 0 Å². The lowest BCUT2D eigenvalue weighted by Crippen LogP contribution is -2.43. The maximum atomic E-state index is 15.8. The lowest BCUT2D eigenvalue weighted by atomic mass is 9.82. The third-order valence-electron chi connectivity index (χ3n) is 15.1. The minimum absolute atomic E-state index is 0.0297. The number of hydrogen-bond acceptors (Lipinski definition) is 4. The predicted molar refractivity (Wildman–Crippen MR) is 229 cm³/mol. The molecule has 0 amide bonds. The summed E-state index contributed by atoms with van der Waals surface area (Å²) in [6.45, 7) is 12.4. The molecule has 0 radical (unpaired) electrons. The first kappa shape index (κ1) is 34.8. The van der Waals surface area contributed by atoms with E-state index >= 15 is 4.39 Å². The molecule has 7 atom stereocenters. The van der Waals surface area contributed by atoms with Crippen molar-refractivity contribution in [1.82, 2.24) is 14.7 Å². The number of rotatable bonds is 4. The maximum absolute atomic E-state index is 15.8. The second kappa shape index (κ2) is 12.4. The van der Waals surface area contributed by atoms with Gasteiger partial charge in [-0.3, -0.25) is 0 Å². The second-order valence-corrected chi connectivity index (χ2v) is 25.0. The first-order valence-corrected chi connectivity index (χ1v) is 25.8. The number of hydrogen-bond donors (Lipinski definition) is 0. The minimum atomic E-state index is -1.65. The largest absolute Gasteiger partial charge is 0.488 e. The Kier molecular flexibility index (Phi) is 7.55. The highest BCUT2D eigenvalue weighted by atomic mass is 28.3. The molecule has 1 saturated carbocycles. The standard InChI is InChI=1S/C51H56FN3OSi/c1-29(2)26-31-27-41-33-17-8-9-18-34(33)45-47(49(45)53(41)28-43(31)57(3,4)5)48-35-24-25-36-44-37(52)19-13-23-42(44)56-50(36)46(35)51-54(39-20-10-11-21-40(39)55(48)51)38-22-12-15-30-14-6-7-16-32(30)38/h6,8,13-14,17,19,22-23,25,27-29,41-42,44-46,49,51H,7,9-12,15-16,18,20-21,26H2,1-5H3/b48-47-. The maximum Gasteiger partial charge on any atom is 0.130 e. The molecule has 7 aliphatic carbocycles. The summed E-state index contributed by atoms with van der Waals surface area (Å²) in [5, 5.41) is 1.63. The molecule has 5 heterocycles. The summed E-state index contributed by atoms with van der Waals surface area (Å²) in [6.07, 6.45) is 37.5. The summed E-state index contributed by atoms with van der Waals surface area (Å²) in [7, 11) is -1.65. The van der Waals surface area contributed by atoms with Gasteiger partial charge in [0.05, 0.1) is 37.7 Å². The molecule has 0 aromatic heterocycles. The Balaban J connectivity index is 1.07. The second-order valence-electron chi connectivity index (χ2n) is 19.9. The highest BCUT2D eigenvalue weighted by molar-refractivity contribution is 6.84. The van der Waals surface area contributed by atoms with Crippen molar-refractivity contribution in [3.05, 3.63) is 157 Å². The first-order valence-electron chi connectivity index (χ1n) is 22.3. The normalized spacial score (nSPS) is 35.5. The zero-order chi connectivity index (χ0) is 38.5. The highest BCUT2D eigenvalue weighted by Crippen LogP contribution is 2.66. The molecular weight excluding hydrogens is 718 g/mol. The number of allylic oxidation sites excluding steroid dienone is 13. The van der Waals surface area contributed by atoms with Crippen LogP contribution in [-0.2, 0) is 4.74 Å². The van der Waals surface area contributed by atoms with Crippen molar-refractivity contribution in [3.8, 4) is 0 Å². The Morgan fingerprint density at radius 3 is 2.54 bits per heavy atom. The molecule has 12 rings (SSSR count). The van der Waals surface area contributed by atoms with Gasteiger partial charge in [0.15, 0.2) is 0 Å². The van der Waals surface area contributed by atoms with Crippen molar-refractivity contribution in [1.29, 1.82) is 0 Å². The van der Waals surface area contributed by atoms with Crippen LogP contribution in [0.3, 0.4) is 0 Å². The van der Waals surface area contributed by atoms with Crippen molar-refractivity contribution in [2.24, 2.45) is 23.7 Å². The molecule has 2 fully saturated rings. The SMILES string of the molecule is CC(C)CC1=CC2C3=C(CCC=C3)C3/C(=C4\C5=C=CC6=C(OC7C=CC=C(F)C67)C5C5N(C6=CCCC7=C6CCC=C7)C6=C(CCCC6)N45)C3N2C=C1[Si](C)(C)C. The van der Waals surface area contributed by atoms with Crippen LogP contribution >= 0.6 is 0 Å². The fraction of sp³-hybridized carbons (Fsp3) is 0.471. The Morgan fingerprint density at radius 1 is 0.912 bits per heavy atom. The van der Waals surface area contributed by atoms with Crippen LogP contribution in [0.5, 0.6) is 0 Å². The zero-order valence-corrected chi connectivity index (χ0v) is 35.4. The number of fused-ring (bicyclic) bond motifs is 12. The van der Waals surface area contributed by atoms with Gasteiger partial charge in [-0.05, 0) is 128 Å². The Hall–Kier alpha value is -4.25. The van der Waals surface area contributed by atoms with Crippen molar-refractivity contribution < 1.29 is 9.13 Å². The molecule has 6 heteroatoms. The van der Waals surface area contributed by atoms with Crippen LogP contribution in [0.15, 0.2) is 157 Å². The lowest BCUT2D eigenvalue weighted by molar-refractivity contribution is 0.106. The summed E-state index contributed by atoms with van der Waals surface area (Å²) >= 11 is 0. The summed E-state index contributed by atoms with van der Waals surface area (Å²) in [6, 6.07) is 0.619. The molecule has 5 aliphatic heterocycles. The van der Waals surface area contributed by atoms with E-state index in [-0.39, 0.29) is 36.0 Å². The van der Waals surface area contributed by atoms with E-state index in [1.165, 1.54) is 46.8 Å². The molecule has 4 nitrogen and oxygen atoms in total. The van der Waals surface area contributed by atoms with Gasteiger partial charge in [0, 0.05) is 40.4 Å². The Morgan fingerprint density at radius 2 is 1.72 bits per heavy atom. The quantitative estimate of drug-likeness (QED) is 0.209. The van der Waals surface area contributed by atoms with Gasteiger partial charge in [0.25, 0.3) is 0 Å². The molecule has 0 aromatic rings. The Labute approximate surface area is 339 Å². The monoisotopic (exact) mass is 773 g/mol. The van der Waals surface area contributed by atoms with Crippen LogP contribution in [0.25, 0.3) is 0 Å². The van der Waals surface area contributed by atoms with Crippen LogP contribution in [0, 0.1) is 23.7 Å². The number of halogens is 1. The first-order chi connectivity index (χ1) is 27.7. The van der Waals surface area contributed by atoms with Crippen molar-refractivity contribution in [2.75, 3.05) is 0 Å². The molecule has 0 N–H and O–H groups in total. The van der Waals surface area contributed by atoms with Crippen LogP contribution < -0.4 is 0 Å². The van der Waals surface area contributed by atoms with Gasteiger partial charge in [-0.2, -0.15) is 0 Å². The van der Waals surface area contributed by atoms with Crippen LogP contribution in [0.4, 0.5) is 4.39 Å². The molecule has 0 spiro atoms. The van der Waals surface area contributed by atoms with Crippen molar-refractivity contribution in [2.45, 2.75) is 128 Å². The van der Waals surface area contributed by atoms with E-state index in [4.69, 9.17) is 4.74 Å². The molecular formula is C51H56FN3OSi. The Bertz CT molecular complexity index is 2390. The van der Waals surface area contributed by atoms with Crippen LogP contribution in [-0.4, -0.2) is 47.1 Å². The predicted octanol–water partition coefficient (Wildman–Crippen LogP) is 11.8. The van der Waals surface area contributed by atoms with E-state index in [0.29, 0.717) is 17.9 Å². The molecule has 7 unspecified atom stereocenters. The van der Waals surface area contributed by atoms with E-state index in [1.54, 1.807) is 39.1 Å². The van der Waals surface area contributed by atoms with Crippen LogP contribution in [0.2, 0.25) is 19.6 Å². The molecule has 0 bridgehead atoms. The van der Waals surface area contributed by atoms with E-state index in [1.807, 2.05) is 6.08 Å². The molecule has 292 valence electrons. The van der Waals surface area contributed by atoms with E-state index in [2.05, 4.69) is 109 Å². The average molecular weight is 774 g/mol. The fourth-order valence-corrected chi connectivity index (χ4v) is 14.5.